The van der Waals surface area contributed by atoms with E-state index in [9.17, 15) is 9.90 Å². The van der Waals surface area contributed by atoms with Gasteiger partial charge in [-0.2, -0.15) is 0 Å². The molecule has 3 heterocycles. The Morgan fingerprint density at radius 2 is 1.95 bits per heavy atom. The summed E-state index contributed by atoms with van der Waals surface area (Å²) in [5.41, 5.74) is -0.257. The first kappa shape index (κ1) is 15.6. The number of amides is 1. The van der Waals surface area contributed by atoms with Gasteiger partial charge < -0.3 is 19.2 Å². The molecule has 5 heteroatoms. The molecule has 0 bridgehead atoms. The zero-order chi connectivity index (χ0) is 16.0. The minimum absolute atomic E-state index is 0.0340. The van der Waals surface area contributed by atoms with Crippen molar-refractivity contribution >= 4 is 5.91 Å². The molecule has 122 valence electrons. The van der Waals surface area contributed by atoms with Crippen LogP contribution in [0.4, 0.5) is 0 Å². The van der Waals surface area contributed by atoms with E-state index in [4.69, 9.17) is 9.15 Å². The van der Waals surface area contributed by atoms with Crippen molar-refractivity contribution in [3.63, 3.8) is 0 Å². The molecular weight excluding hydrogens is 282 g/mol. The maximum atomic E-state index is 12.6. The smallest absolute Gasteiger partial charge is 0.257 e. The van der Waals surface area contributed by atoms with E-state index in [2.05, 4.69) is 0 Å². The highest BCUT2D eigenvalue weighted by Gasteiger charge is 2.45. The second kappa shape index (κ2) is 5.39. The monoisotopic (exact) mass is 307 g/mol. The van der Waals surface area contributed by atoms with Gasteiger partial charge >= 0.3 is 0 Å². The van der Waals surface area contributed by atoms with Crippen molar-refractivity contribution in [2.75, 3.05) is 19.7 Å². The lowest BCUT2D eigenvalue weighted by Gasteiger charge is -2.48. The number of rotatable bonds is 1. The van der Waals surface area contributed by atoms with Crippen LogP contribution in [0.1, 0.15) is 54.5 Å². The molecule has 1 aromatic heterocycles. The van der Waals surface area contributed by atoms with Gasteiger partial charge in [-0.3, -0.25) is 4.79 Å². The number of nitrogens with zero attached hydrogens (tertiary/aromatic N) is 1. The predicted molar refractivity (Wildman–Crippen MR) is 81.9 cm³/mol. The molecule has 2 aliphatic rings. The molecule has 1 unspecified atom stereocenters. The number of aliphatic hydroxyl groups is 1. The van der Waals surface area contributed by atoms with Gasteiger partial charge in [0, 0.05) is 19.5 Å². The number of carbonyl (C=O) groups excluding carboxylic acids is 1. The Morgan fingerprint density at radius 3 is 2.50 bits per heavy atom. The molecule has 1 N–H and O–H groups in total. The van der Waals surface area contributed by atoms with Crippen molar-refractivity contribution in [1.82, 2.24) is 4.90 Å². The van der Waals surface area contributed by atoms with Crippen molar-refractivity contribution in [1.29, 1.82) is 0 Å². The molecule has 0 aromatic carbocycles. The van der Waals surface area contributed by atoms with Crippen LogP contribution in [0.25, 0.3) is 0 Å². The number of hydrogen-bond donors (Lipinski definition) is 1. The molecule has 3 rings (SSSR count). The van der Waals surface area contributed by atoms with Crippen LogP contribution in [-0.2, 0) is 4.74 Å². The van der Waals surface area contributed by atoms with Gasteiger partial charge in [0.05, 0.1) is 23.4 Å². The van der Waals surface area contributed by atoms with Gasteiger partial charge in [-0.25, -0.2) is 0 Å². The van der Waals surface area contributed by atoms with Gasteiger partial charge in [0.2, 0.25) is 0 Å². The number of hydrogen-bond acceptors (Lipinski definition) is 4. The second-order valence-corrected chi connectivity index (χ2v) is 7.07. The summed E-state index contributed by atoms with van der Waals surface area (Å²) in [6, 6.07) is 1.81. The third-order valence-corrected chi connectivity index (χ3v) is 4.99. The molecule has 1 spiro atoms. The van der Waals surface area contributed by atoms with Gasteiger partial charge in [-0.05, 0) is 46.1 Å². The molecule has 5 nitrogen and oxygen atoms in total. The van der Waals surface area contributed by atoms with Crippen LogP contribution in [0, 0.1) is 13.8 Å². The summed E-state index contributed by atoms with van der Waals surface area (Å²) in [6.07, 6.45) is 2.91. The summed E-state index contributed by atoms with van der Waals surface area (Å²) in [7, 11) is 0. The molecule has 0 aliphatic carbocycles. The van der Waals surface area contributed by atoms with Crippen molar-refractivity contribution in [3.8, 4) is 0 Å². The lowest BCUT2D eigenvalue weighted by molar-refractivity contribution is -0.170. The maximum Gasteiger partial charge on any atom is 0.257 e. The Bertz CT molecular complexity index is 567. The molecular formula is C17H25NO4. The maximum absolute atomic E-state index is 12.6. The number of aryl methyl sites for hydroxylation is 2. The predicted octanol–water partition coefficient (Wildman–Crippen LogP) is 2.43. The number of ether oxygens (including phenoxy) is 1. The van der Waals surface area contributed by atoms with E-state index in [-0.39, 0.29) is 11.5 Å². The highest BCUT2D eigenvalue weighted by atomic mass is 16.5. The average molecular weight is 307 g/mol. The van der Waals surface area contributed by atoms with Crippen LogP contribution in [-0.4, -0.2) is 46.8 Å². The molecule has 0 saturated carbocycles. The summed E-state index contributed by atoms with van der Waals surface area (Å²) < 4.78 is 11.4. The number of carbonyl (C=O) groups is 1. The highest BCUT2D eigenvalue weighted by Crippen LogP contribution is 2.39. The van der Waals surface area contributed by atoms with Crippen LogP contribution in [0.15, 0.2) is 10.5 Å². The van der Waals surface area contributed by atoms with Crippen molar-refractivity contribution < 1.29 is 19.1 Å². The molecule has 2 aliphatic heterocycles. The first-order valence-corrected chi connectivity index (χ1v) is 8.03. The second-order valence-electron chi connectivity index (χ2n) is 7.07. The first-order chi connectivity index (χ1) is 10.3. The zero-order valence-corrected chi connectivity index (χ0v) is 13.6. The molecule has 2 fully saturated rings. The van der Waals surface area contributed by atoms with Crippen LogP contribution in [0.2, 0.25) is 0 Å². The van der Waals surface area contributed by atoms with Crippen molar-refractivity contribution in [2.24, 2.45) is 0 Å². The summed E-state index contributed by atoms with van der Waals surface area (Å²) in [5.74, 6) is 1.48. The van der Waals surface area contributed by atoms with E-state index in [0.717, 1.165) is 18.6 Å². The zero-order valence-electron chi connectivity index (χ0n) is 13.6. The summed E-state index contributed by atoms with van der Waals surface area (Å²) in [4.78, 5) is 14.5. The summed E-state index contributed by atoms with van der Waals surface area (Å²) in [5, 5.41) is 10.3. The Hall–Kier alpha value is -1.33. The fourth-order valence-corrected chi connectivity index (χ4v) is 3.77. The normalized spacial score (nSPS) is 28.1. The summed E-state index contributed by atoms with van der Waals surface area (Å²) in [6.45, 7) is 7.49. The fraction of sp³-hybridized carbons (Fsp3) is 0.706. The van der Waals surface area contributed by atoms with E-state index in [0.29, 0.717) is 43.9 Å². The number of piperidine rings is 1. The van der Waals surface area contributed by atoms with E-state index in [1.165, 1.54) is 0 Å². The van der Waals surface area contributed by atoms with E-state index >= 15 is 0 Å². The SMILES string of the molecule is Cc1cc(C(=O)N2CCC3(CC2)CC(C)(O)CCO3)c(C)o1. The average Bonchev–Trinajstić information content (AvgIpc) is 2.76. The molecule has 1 amide bonds. The van der Waals surface area contributed by atoms with Gasteiger partial charge in [-0.15, -0.1) is 0 Å². The Kier molecular flexibility index (Phi) is 3.81. The fourth-order valence-electron chi connectivity index (χ4n) is 3.77. The van der Waals surface area contributed by atoms with E-state index < -0.39 is 5.60 Å². The molecule has 1 aromatic rings. The topological polar surface area (TPSA) is 62.9 Å². The Balaban J connectivity index is 1.67. The lowest BCUT2D eigenvalue weighted by atomic mass is 9.78. The first-order valence-electron chi connectivity index (χ1n) is 8.03. The van der Waals surface area contributed by atoms with Crippen LogP contribution in [0.5, 0.6) is 0 Å². The van der Waals surface area contributed by atoms with Crippen LogP contribution < -0.4 is 0 Å². The van der Waals surface area contributed by atoms with Crippen molar-refractivity contribution in [3.05, 3.63) is 23.2 Å². The third kappa shape index (κ3) is 2.92. The standard InChI is InChI=1S/C17H25NO4/c1-12-10-14(13(2)22-12)15(19)18-7-4-17(5-8-18)11-16(3,20)6-9-21-17/h10,20H,4-9,11H2,1-3H3. The van der Waals surface area contributed by atoms with Crippen LogP contribution in [0.3, 0.4) is 0 Å². The molecule has 2 saturated heterocycles. The van der Waals surface area contributed by atoms with Gasteiger partial charge in [-0.1, -0.05) is 0 Å². The van der Waals surface area contributed by atoms with Gasteiger partial charge in [0.1, 0.15) is 11.5 Å². The Labute approximate surface area is 131 Å². The third-order valence-electron chi connectivity index (χ3n) is 4.99. The quantitative estimate of drug-likeness (QED) is 0.865. The molecule has 1 atom stereocenters. The Morgan fingerprint density at radius 1 is 1.27 bits per heavy atom. The number of furan rings is 1. The molecule has 22 heavy (non-hydrogen) atoms. The number of likely N-dealkylation sites (tertiary alicyclic amines) is 1. The van der Waals surface area contributed by atoms with E-state index in [1.54, 1.807) is 0 Å². The largest absolute Gasteiger partial charge is 0.466 e. The summed E-state index contributed by atoms with van der Waals surface area (Å²) >= 11 is 0. The van der Waals surface area contributed by atoms with Crippen molar-refractivity contribution in [2.45, 2.75) is 57.7 Å². The van der Waals surface area contributed by atoms with Gasteiger partial charge in [0.25, 0.3) is 5.91 Å². The lowest BCUT2D eigenvalue weighted by Crippen LogP contribution is -2.54. The molecule has 0 radical (unpaired) electrons. The minimum Gasteiger partial charge on any atom is -0.466 e. The van der Waals surface area contributed by atoms with E-state index in [1.807, 2.05) is 31.7 Å². The van der Waals surface area contributed by atoms with Crippen LogP contribution >= 0.6 is 0 Å². The van der Waals surface area contributed by atoms with Gasteiger partial charge in [0.15, 0.2) is 0 Å². The highest BCUT2D eigenvalue weighted by molar-refractivity contribution is 5.95. The minimum atomic E-state index is -0.650.